The summed E-state index contributed by atoms with van der Waals surface area (Å²) in [6.07, 6.45) is 8.00. The molecule has 0 spiro atoms. The third-order valence-electron chi connectivity index (χ3n) is 4.10. The lowest BCUT2D eigenvalue weighted by Crippen LogP contribution is -2.10. The summed E-state index contributed by atoms with van der Waals surface area (Å²) in [6.45, 7) is 2.42. The van der Waals surface area contributed by atoms with Crippen molar-refractivity contribution in [3.63, 3.8) is 0 Å². The molecule has 26 heavy (non-hydrogen) atoms. The van der Waals surface area contributed by atoms with E-state index < -0.39 is 11.5 Å². The summed E-state index contributed by atoms with van der Waals surface area (Å²) in [7, 11) is 0. The van der Waals surface area contributed by atoms with Crippen LogP contribution in [0.1, 0.15) is 24.6 Å². The second-order valence-electron chi connectivity index (χ2n) is 5.85. The number of H-pyrrole nitrogens is 1. The standard InChI is InChI=1S/C17H16FN7O/c1-2-4-11-13(21-10-25-15(11)22-17(26)23-25)9-24-8-7-20-16(24)14-12(18)5-3-6-19-14/h3,5-8,10H,2,4,9H2,1H3,(H,23,26). The van der Waals surface area contributed by atoms with E-state index in [0.29, 0.717) is 18.0 Å². The van der Waals surface area contributed by atoms with Gasteiger partial charge in [-0.2, -0.15) is 4.98 Å². The number of nitrogens with one attached hydrogen (secondary N) is 1. The molecule has 132 valence electrons. The molecule has 8 nitrogen and oxygen atoms in total. The van der Waals surface area contributed by atoms with E-state index in [-0.39, 0.29) is 5.69 Å². The smallest absolute Gasteiger partial charge is 0.324 e. The van der Waals surface area contributed by atoms with Crippen molar-refractivity contribution in [1.29, 1.82) is 0 Å². The molecule has 4 aromatic rings. The van der Waals surface area contributed by atoms with Crippen molar-refractivity contribution in [2.45, 2.75) is 26.3 Å². The molecule has 0 amide bonds. The van der Waals surface area contributed by atoms with Gasteiger partial charge in [-0.3, -0.25) is 0 Å². The van der Waals surface area contributed by atoms with Crippen molar-refractivity contribution >= 4 is 5.65 Å². The third kappa shape index (κ3) is 2.77. The fourth-order valence-electron chi connectivity index (χ4n) is 2.97. The summed E-state index contributed by atoms with van der Waals surface area (Å²) in [5.74, 6) is -0.0114. The normalized spacial score (nSPS) is 11.3. The van der Waals surface area contributed by atoms with Crippen LogP contribution in [-0.2, 0) is 13.0 Å². The number of imidazole rings is 1. The van der Waals surface area contributed by atoms with Crippen LogP contribution < -0.4 is 5.69 Å². The Bertz CT molecular complexity index is 1130. The number of halogens is 1. The minimum atomic E-state index is -0.434. The SMILES string of the molecule is CCCc1c(Cn2ccnc2-c2ncccc2F)ncn2[nH]c(=O)nc12. The van der Waals surface area contributed by atoms with Crippen LogP contribution in [0.4, 0.5) is 4.39 Å². The highest BCUT2D eigenvalue weighted by Gasteiger charge is 2.16. The lowest BCUT2D eigenvalue weighted by atomic mass is 10.1. The summed E-state index contributed by atoms with van der Waals surface area (Å²) < 4.78 is 17.4. The molecule has 0 atom stereocenters. The Morgan fingerprint density at radius 1 is 1.23 bits per heavy atom. The van der Waals surface area contributed by atoms with Gasteiger partial charge in [0.1, 0.15) is 12.0 Å². The molecule has 4 heterocycles. The van der Waals surface area contributed by atoms with Crippen LogP contribution in [0.2, 0.25) is 0 Å². The van der Waals surface area contributed by atoms with Gasteiger partial charge in [-0.15, -0.1) is 0 Å². The van der Waals surface area contributed by atoms with E-state index in [0.717, 1.165) is 24.1 Å². The van der Waals surface area contributed by atoms with E-state index in [1.165, 1.54) is 29.2 Å². The quantitative estimate of drug-likeness (QED) is 0.591. The number of hydrogen-bond acceptors (Lipinski definition) is 5. The molecule has 0 aromatic carbocycles. The lowest BCUT2D eigenvalue weighted by molar-refractivity contribution is 0.621. The molecular weight excluding hydrogens is 337 g/mol. The Morgan fingerprint density at radius 2 is 2.12 bits per heavy atom. The lowest BCUT2D eigenvalue weighted by Gasteiger charge is -2.12. The maximum Gasteiger partial charge on any atom is 0.362 e. The molecule has 9 heteroatoms. The van der Waals surface area contributed by atoms with Gasteiger partial charge in [-0.1, -0.05) is 13.3 Å². The van der Waals surface area contributed by atoms with E-state index in [1.54, 1.807) is 17.0 Å². The summed E-state index contributed by atoms with van der Waals surface area (Å²) in [4.78, 5) is 28.4. The van der Waals surface area contributed by atoms with Crippen LogP contribution in [0.3, 0.4) is 0 Å². The van der Waals surface area contributed by atoms with Gasteiger partial charge >= 0.3 is 5.69 Å². The molecule has 0 bridgehead atoms. The second-order valence-corrected chi connectivity index (χ2v) is 5.85. The van der Waals surface area contributed by atoms with Gasteiger partial charge in [0.15, 0.2) is 17.3 Å². The average molecular weight is 353 g/mol. The van der Waals surface area contributed by atoms with Crippen molar-refractivity contribution < 1.29 is 4.39 Å². The summed E-state index contributed by atoms with van der Waals surface area (Å²) in [6, 6.07) is 2.89. The van der Waals surface area contributed by atoms with Gasteiger partial charge in [-0.05, 0) is 18.6 Å². The number of aryl methyl sites for hydroxylation is 1. The maximum atomic E-state index is 14.1. The topological polar surface area (TPSA) is 93.8 Å². The zero-order chi connectivity index (χ0) is 18.1. The van der Waals surface area contributed by atoms with Gasteiger partial charge in [0.2, 0.25) is 0 Å². The highest BCUT2D eigenvalue weighted by atomic mass is 19.1. The van der Waals surface area contributed by atoms with E-state index in [1.807, 2.05) is 6.92 Å². The Hall–Kier alpha value is -3.36. The molecule has 0 aliphatic carbocycles. The third-order valence-corrected chi connectivity index (χ3v) is 4.10. The molecule has 0 saturated carbocycles. The first-order valence-corrected chi connectivity index (χ1v) is 8.24. The van der Waals surface area contributed by atoms with Crippen LogP contribution in [0.5, 0.6) is 0 Å². The van der Waals surface area contributed by atoms with Crippen LogP contribution in [0.15, 0.2) is 41.8 Å². The number of pyridine rings is 1. The molecule has 1 N–H and O–H groups in total. The van der Waals surface area contributed by atoms with Crippen molar-refractivity contribution in [3.05, 3.63) is 64.6 Å². The highest BCUT2D eigenvalue weighted by Crippen LogP contribution is 2.21. The van der Waals surface area contributed by atoms with Crippen LogP contribution in [0.25, 0.3) is 17.2 Å². The van der Waals surface area contributed by atoms with Crippen LogP contribution in [-0.4, -0.2) is 34.1 Å². The largest absolute Gasteiger partial charge is 0.362 e. The zero-order valence-electron chi connectivity index (χ0n) is 14.1. The zero-order valence-corrected chi connectivity index (χ0v) is 14.1. The minimum absolute atomic E-state index is 0.187. The molecule has 0 radical (unpaired) electrons. The number of nitrogens with zero attached hydrogens (tertiary/aromatic N) is 6. The summed E-state index contributed by atoms with van der Waals surface area (Å²) in [5.41, 5.74) is 1.97. The van der Waals surface area contributed by atoms with E-state index in [4.69, 9.17) is 0 Å². The average Bonchev–Trinajstić information content (AvgIpc) is 3.23. The van der Waals surface area contributed by atoms with Crippen molar-refractivity contribution in [2.24, 2.45) is 0 Å². The molecule has 4 rings (SSSR count). The van der Waals surface area contributed by atoms with Crippen molar-refractivity contribution in [1.82, 2.24) is 34.1 Å². The summed E-state index contributed by atoms with van der Waals surface area (Å²) in [5, 5.41) is 2.60. The number of hydrogen-bond donors (Lipinski definition) is 1. The molecule has 0 aliphatic heterocycles. The van der Waals surface area contributed by atoms with Crippen LogP contribution >= 0.6 is 0 Å². The fourth-order valence-corrected chi connectivity index (χ4v) is 2.97. The van der Waals surface area contributed by atoms with Gasteiger partial charge in [0.25, 0.3) is 0 Å². The first-order chi connectivity index (χ1) is 12.7. The summed E-state index contributed by atoms with van der Waals surface area (Å²) >= 11 is 0. The van der Waals surface area contributed by atoms with Crippen molar-refractivity contribution in [3.8, 4) is 11.5 Å². The van der Waals surface area contributed by atoms with E-state index in [2.05, 4.69) is 25.0 Å². The minimum Gasteiger partial charge on any atom is -0.324 e. The molecular formula is C17H16FN7O. The molecule has 0 fully saturated rings. The molecule has 4 aromatic heterocycles. The fraction of sp³-hybridized carbons (Fsp3) is 0.235. The number of fused-ring (bicyclic) bond motifs is 1. The number of aromatic nitrogens is 7. The van der Waals surface area contributed by atoms with Gasteiger partial charge in [0, 0.05) is 24.2 Å². The van der Waals surface area contributed by atoms with E-state index in [9.17, 15) is 9.18 Å². The first-order valence-electron chi connectivity index (χ1n) is 8.24. The van der Waals surface area contributed by atoms with E-state index >= 15 is 0 Å². The van der Waals surface area contributed by atoms with Crippen molar-refractivity contribution in [2.75, 3.05) is 0 Å². The number of rotatable bonds is 5. The molecule has 0 aliphatic rings. The van der Waals surface area contributed by atoms with Gasteiger partial charge in [0.05, 0.1) is 12.2 Å². The predicted octanol–water partition coefficient (Wildman–Crippen LogP) is 1.82. The molecule has 0 unspecified atom stereocenters. The Kier molecular flexibility index (Phi) is 4.04. The predicted molar refractivity (Wildman–Crippen MR) is 92.1 cm³/mol. The Labute approximate surface area is 147 Å². The van der Waals surface area contributed by atoms with Gasteiger partial charge < -0.3 is 4.57 Å². The Balaban J connectivity index is 1.79. The first kappa shape index (κ1) is 16.1. The monoisotopic (exact) mass is 353 g/mol. The maximum absolute atomic E-state index is 14.1. The molecule has 0 saturated heterocycles. The van der Waals surface area contributed by atoms with Crippen LogP contribution in [0, 0.1) is 5.82 Å². The van der Waals surface area contributed by atoms with Gasteiger partial charge in [-0.25, -0.2) is 33.8 Å². The number of aromatic amines is 1. The second kappa shape index (κ2) is 6.51. The Morgan fingerprint density at radius 3 is 2.92 bits per heavy atom. The highest BCUT2D eigenvalue weighted by molar-refractivity contribution is 5.52.